The first-order chi connectivity index (χ1) is 8.58. The molecule has 0 atom stereocenters. The molecule has 1 aromatic heterocycles. The highest BCUT2D eigenvalue weighted by atomic mass is 16.6. The monoisotopic (exact) mass is 245 g/mol. The van der Waals surface area contributed by atoms with Crippen LogP contribution in [-0.4, -0.2) is 9.91 Å². The number of nitrogens with zero attached hydrogens (tertiary/aromatic N) is 2. The van der Waals surface area contributed by atoms with E-state index in [0.29, 0.717) is 17.3 Å². The smallest absolute Gasteiger partial charge is 0.269 e. The fourth-order valence-corrected chi connectivity index (χ4v) is 1.41. The number of nitrogen functional groups attached to an aromatic ring is 1. The molecule has 6 nitrogen and oxygen atoms in total. The number of anilines is 1. The fourth-order valence-electron chi connectivity index (χ4n) is 1.41. The largest absolute Gasteiger partial charge is 0.457 e. The van der Waals surface area contributed by atoms with Gasteiger partial charge in [-0.15, -0.1) is 0 Å². The average molecular weight is 245 g/mol. The third-order valence-electron chi connectivity index (χ3n) is 2.47. The van der Waals surface area contributed by atoms with E-state index in [4.69, 9.17) is 10.5 Å². The Morgan fingerprint density at radius 3 is 2.56 bits per heavy atom. The molecule has 92 valence electrons. The van der Waals surface area contributed by atoms with E-state index in [-0.39, 0.29) is 5.69 Å². The van der Waals surface area contributed by atoms with Gasteiger partial charge in [0.15, 0.2) is 0 Å². The molecule has 0 saturated heterocycles. The first kappa shape index (κ1) is 11.8. The van der Waals surface area contributed by atoms with Gasteiger partial charge < -0.3 is 10.5 Å². The third-order valence-corrected chi connectivity index (χ3v) is 2.47. The molecular weight excluding hydrogens is 234 g/mol. The molecule has 18 heavy (non-hydrogen) atoms. The van der Waals surface area contributed by atoms with Crippen molar-refractivity contribution < 1.29 is 9.66 Å². The number of nitro benzene ring substituents is 1. The lowest BCUT2D eigenvalue weighted by Crippen LogP contribution is -1.96. The van der Waals surface area contributed by atoms with E-state index >= 15 is 0 Å². The Balaban J connectivity index is 2.24. The molecule has 0 saturated carbocycles. The van der Waals surface area contributed by atoms with E-state index in [1.807, 2.05) is 0 Å². The third kappa shape index (κ3) is 2.37. The van der Waals surface area contributed by atoms with E-state index in [1.54, 1.807) is 19.2 Å². The van der Waals surface area contributed by atoms with Crippen LogP contribution in [0.4, 0.5) is 11.5 Å². The van der Waals surface area contributed by atoms with Gasteiger partial charge in [-0.1, -0.05) is 0 Å². The maximum atomic E-state index is 10.5. The summed E-state index contributed by atoms with van der Waals surface area (Å²) >= 11 is 0. The predicted molar refractivity (Wildman–Crippen MR) is 66.6 cm³/mol. The van der Waals surface area contributed by atoms with Crippen molar-refractivity contribution in [1.82, 2.24) is 4.98 Å². The van der Waals surface area contributed by atoms with E-state index in [9.17, 15) is 10.1 Å². The molecule has 1 aromatic carbocycles. The maximum Gasteiger partial charge on any atom is 0.269 e. The second-order valence-corrected chi connectivity index (χ2v) is 3.67. The quantitative estimate of drug-likeness (QED) is 0.663. The Bertz CT molecular complexity index is 582. The molecule has 0 aliphatic carbocycles. The van der Waals surface area contributed by atoms with Crippen LogP contribution in [0.25, 0.3) is 0 Å². The molecule has 0 bridgehead atoms. The Hall–Kier alpha value is -2.63. The van der Waals surface area contributed by atoms with Crippen molar-refractivity contribution >= 4 is 11.5 Å². The lowest BCUT2D eigenvalue weighted by Gasteiger charge is -2.09. The lowest BCUT2D eigenvalue weighted by atomic mass is 10.2. The molecule has 0 fully saturated rings. The fraction of sp³-hybridized carbons (Fsp3) is 0.0833. The number of ether oxygens (including phenoxy) is 1. The molecule has 0 amide bonds. The van der Waals surface area contributed by atoms with Crippen LogP contribution in [0.15, 0.2) is 36.5 Å². The van der Waals surface area contributed by atoms with Gasteiger partial charge in [0.1, 0.15) is 17.3 Å². The van der Waals surface area contributed by atoms with Gasteiger partial charge >= 0.3 is 0 Å². The standard InChI is InChI=1S/C12H11N3O3/c1-8-11(6-7-14-12(8)13)18-10-4-2-9(3-5-10)15(16)17/h2-7H,1H3,(H2,13,14). The predicted octanol–water partition coefficient (Wildman–Crippen LogP) is 2.67. The number of aromatic nitrogens is 1. The van der Waals surface area contributed by atoms with Gasteiger partial charge in [0, 0.05) is 23.9 Å². The van der Waals surface area contributed by atoms with Crippen molar-refractivity contribution in [2.45, 2.75) is 6.92 Å². The first-order valence-electron chi connectivity index (χ1n) is 5.21. The molecule has 0 spiro atoms. The van der Waals surface area contributed by atoms with Crippen molar-refractivity contribution in [3.05, 3.63) is 52.2 Å². The summed E-state index contributed by atoms with van der Waals surface area (Å²) in [5.74, 6) is 1.49. The van der Waals surface area contributed by atoms with Crippen LogP contribution in [-0.2, 0) is 0 Å². The number of benzene rings is 1. The number of non-ortho nitro benzene ring substituents is 1. The summed E-state index contributed by atoms with van der Waals surface area (Å²) in [6, 6.07) is 7.53. The van der Waals surface area contributed by atoms with Gasteiger partial charge in [0.05, 0.1) is 4.92 Å². The minimum atomic E-state index is -0.459. The molecule has 2 N–H and O–H groups in total. The zero-order chi connectivity index (χ0) is 13.1. The van der Waals surface area contributed by atoms with Crippen LogP contribution in [0, 0.1) is 17.0 Å². The number of hydrogen-bond donors (Lipinski definition) is 1. The minimum absolute atomic E-state index is 0.0216. The summed E-state index contributed by atoms with van der Waals surface area (Å²) in [6.07, 6.45) is 1.54. The molecule has 2 aromatic rings. The van der Waals surface area contributed by atoms with Crippen LogP contribution in [0.3, 0.4) is 0 Å². The highest BCUT2D eigenvalue weighted by Gasteiger charge is 2.07. The van der Waals surface area contributed by atoms with Crippen molar-refractivity contribution in [3.63, 3.8) is 0 Å². The van der Waals surface area contributed by atoms with Crippen LogP contribution in [0.5, 0.6) is 11.5 Å². The van der Waals surface area contributed by atoms with E-state index < -0.39 is 4.92 Å². The van der Waals surface area contributed by atoms with Crippen molar-refractivity contribution in [2.24, 2.45) is 0 Å². The Morgan fingerprint density at radius 2 is 1.94 bits per heavy atom. The van der Waals surface area contributed by atoms with Crippen molar-refractivity contribution in [2.75, 3.05) is 5.73 Å². The summed E-state index contributed by atoms with van der Waals surface area (Å²) in [4.78, 5) is 14.0. The minimum Gasteiger partial charge on any atom is -0.457 e. The SMILES string of the molecule is Cc1c(Oc2ccc([N+](=O)[O-])cc2)ccnc1N. The van der Waals surface area contributed by atoms with E-state index in [1.165, 1.54) is 24.3 Å². The number of rotatable bonds is 3. The molecule has 0 aliphatic rings. The Labute approximate surface area is 103 Å². The van der Waals surface area contributed by atoms with Gasteiger partial charge in [-0.2, -0.15) is 0 Å². The highest BCUT2D eigenvalue weighted by molar-refractivity contribution is 5.49. The summed E-state index contributed by atoms with van der Waals surface area (Å²) < 4.78 is 5.58. The molecule has 6 heteroatoms. The molecule has 0 unspecified atom stereocenters. The van der Waals surface area contributed by atoms with Crippen LogP contribution in [0.1, 0.15) is 5.56 Å². The second-order valence-electron chi connectivity index (χ2n) is 3.67. The van der Waals surface area contributed by atoms with Gasteiger partial charge in [-0.3, -0.25) is 10.1 Å². The molecular formula is C12H11N3O3. The number of nitrogens with two attached hydrogens (primary N) is 1. The van der Waals surface area contributed by atoms with E-state index in [0.717, 1.165) is 5.56 Å². The van der Waals surface area contributed by atoms with Crippen LogP contribution >= 0.6 is 0 Å². The van der Waals surface area contributed by atoms with Gasteiger partial charge in [-0.25, -0.2) is 4.98 Å². The zero-order valence-corrected chi connectivity index (χ0v) is 9.66. The van der Waals surface area contributed by atoms with E-state index in [2.05, 4.69) is 4.98 Å². The van der Waals surface area contributed by atoms with Gasteiger partial charge in [0.2, 0.25) is 0 Å². The number of pyridine rings is 1. The maximum absolute atomic E-state index is 10.5. The first-order valence-corrected chi connectivity index (χ1v) is 5.21. The van der Waals surface area contributed by atoms with Crippen LogP contribution < -0.4 is 10.5 Å². The van der Waals surface area contributed by atoms with Crippen molar-refractivity contribution in [3.8, 4) is 11.5 Å². The van der Waals surface area contributed by atoms with Gasteiger partial charge in [0.25, 0.3) is 5.69 Å². The van der Waals surface area contributed by atoms with Crippen molar-refractivity contribution in [1.29, 1.82) is 0 Å². The summed E-state index contributed by atoms with van der Waals surface area (Å²) in [5, 5.41) is 10.5. The summed E-state index contributed by atoms with van der Waals surface area (Å²) in [5.41, 5.74) is 6.41. The molecule has 2 rings (SSSR count). The Kier molecular flexibility index (Phi) is 3.09. The molecule has 1 heterocycles. The van der Waals surface area contributed by atoms with Gasteiger partial charge in [-0.05, 0) is 25.1 Å². The topological polar surface area (TPSA) is 91.3 Å². The molecule has 0 radical (unpaired) electrons. The highest BCUT2D eigenvalue weighted by Crippen LogP contribution is 2.27. The summed E-state index contributed by atoms with van der Waals surface area (Å²) in [6.45, 7) is 1.79. The second kappa shape index (κ2) is 4.70. The lowest BCUT2D eigenvalue weighted by molar-refractivity contribution is -0.384. The number of hydrogen-bond acceptors (Lipinski definition) is 5. The average Bonchev–Trinajstić information content (AvgIpc) is 2.36. The Morgan fingerprint density at radius 1 is 1.28 bits per heavy atom. The molecule has 0 aliphatic heterocycles. The summed E-state index contributed by atoms with van der Waals surface area (Å²) in [7, 11) is 0. The zero-order valence-electron chi connectivity index (χ0n) is 9.66. The normalized spacial score (nSPS) is 10.1. The number of nitro groups is 1. The van der Waals surface area contributed by atoms with Crippen LogP contribution in [0.2, 0.25) is 0 Å².